The van der Waals surface area contributed by atoms with Gasteiger partial charge in [0.25, 0.3) is 0 Å². The van der Waals surface area contributed by atoms with Crippen LogP contribution in [0.2, 0.25) is 0 Å². The lowest BCUT2D eigenvalue weighted by Gasteiger charge is -2.10. The Morgan fingerprint density at radius 1 is 1.06 bits per heavy atom. The molecule has 0 aliphatic heterocycles. The molecular formula is C29H35NO5. The van der Waals surface area contributed by atoms with Crippen LogP contribution >= 0.6 is 0 Å². The fourth-order valence-electron chi connectivity index (χ4n) is 4.80. The summed E-state index contributed by atoms with van der Waals surface area (Å²) in [6.07, 6.45) is 3.78. The first kappa shape index (κ1) is 26.2. The van der Waals surface area contributed by atoms with Gasteiger partial charge in [-0.3, -0.25) is 9.59 Å². The molecule has 0 bridgehead atoms. The van der Waals surface area contributed by atoms with Gasteiger partial charge in [-0.25, -0.2) is 4.79 Å². The number of esters is 2. The second-order valence-electron chi connectivity index (χ2n) is 9.07. The number of benzene rings is 1. The van der Waals surface area contributed by atoms with Crippen LogP contribution in [0.5, 0.6) is 0 Å². The van der Waals surface area contributed by atoms with Gasteiger partial charge < -0.3 is 14.5 Å². The first-order valence-electron chi connectivity index (χ1n) is 12.2. The van der Waals surface area contributed by atoms with Crippen molar-refractivity contribution in [3.8, 4) is 0 Å². The quantitative estimate of drug-likeness (QED) is 0.418. The molecule has 0 fully saturated rings. The van der Waals surface area contributed by atoms with Gasteiger partial charge >= 0.3 is 11.9 Å². The third-order valence-electron chi connectivity index (χ3n) is 6.73. The summed E-state index contributed by atoms with van der Waals surface area (Å²) in [5.41, 5.74) is 8.29. The number of ketones is 1. The molecule has 1 heterocycles. The van der Waals surface area contributed by atoms with E-state index in [0.29, 0.717) is 25.0 Å². The summed E-state index contributed by atoms with van der Waals surface area (Å²) in [6.45, 7) is 7.84. The Kier molecular flexibility index (Phi) is 8.85. The molecule has 3 rings (SSSR count). The average molecular weight is 478 g/mol. The zero-order chi connectivity index (χ0) is 25.5. The van der Waals surface area contributed by atoms with E-state index in [4.69, 9.17) is 9.47 Å². The van der Waals surface area contributed by atoms with E-state index < -0.39 is 5.97 Å². The molecule has 0 saturated carbocycles. The summed E-state index contributed by atoms with van der Waals surface area (Å²) in [6, 6.07) is 9.54. The first-order valence-corrected chi connectivity index (χ1v) is 12.2. The average Bonchev–Trinajstić information content (AvgIpc) is 3.33. The van der Waals surface area contributed by atoms with Crippen LogP contribution in [0.4, 0.5) is 0 Å². The smallest absolute Gasteiger partial charge is 0.355 e. The van der Waals surface area contributed by atoms with Gasteiger partial charge in [-0.1, -0.05) is 49.2 Å². The van der Waals surface area contributed by atoms with Crippen LogP contribution in [-0.4, -0.2) is 29.8 Å². The summed E-state index contributed by atoms with van der Waals surface area (Å²) in [4.78, 5) is 40.4. The lowest BCUT2D eigenvalue weighted by atomic mass is 9.95. The minimum absolute atomic E-state index is 0.102. The van der Waals surface area contributed by atoms with E-state index in [1.54, 1.807) is 6.92 Å². The zero-order valence-corrected chi connectivity index (χ0v) is 21.4. The highest BCUT2D eigenvalue weighted by Gasteiger charge is 2.27. The number of nitrogens with one attached hydrogen (secondary N) is 1. The SMILES string of the molecule is CCCC1=C(Cc2[nH]c(C(=O)OCc3ccccc3)c(C)c2CCC(=O)OC)CC(C(C)=O)=C1C. The number of allylic oxidation sites excluding steroid dienone is 4. The Balaban J connectivity index is 1.91. The highest BCUT2D eigenvalue weighted by atomic mass is 16.5. The molecule has 0 amide bonds. The monoisotopic (exact) mass is 477 g/mol. The van der Waals surface area contributed by atoms with E-state index in [-0.39, 0.29) is 24.8 Å². The lowest BCUT2D eigenvalue weighted by Crippen LogP contribution is -2.07. The van der Waals surface area contributed by atoms with Gasteiger partial charge in [0.05, 0.1) is 7.11 Å². The number of carbonyl (C=O) groups excluding carboxylic acids is 3. The summed E-state index contributed by atoms with van der Waals surface area (Å²) in [5.74, 6) is -0.623. The van der Waals surface area contributed by atoms with Crippen molar-refractivity contribution in [3.05, 3.63) is 80.7 Å². The third-order valence-corrected chi connectivity index (χ3v) is 6.73. The molecule has 6 nitrogen and oxygen atoms in total. The van der Waals surface area contributed by atoms with Gasteiger partial charge in [0.2, 0.25) is 0 Å². The van der Waals surface area contributed by atoms with Crippen LogP contribution in [0.1, 0.15) is 79.3 Å². The number of aromatic amines is 1. The lowest BCUT2D eigenvalue weighted by molar-refractivity contribution is -0.140. The normalized spacial score (nSPS) is 13.4. The largest absolute Gasteiger partial charge is 0.469 e. The molecule has 35 heavy (non-hydrogen) atoms. The van der Waals surface area contributed by atoms with Gasteiger partial charge in [0.1, 0.15) is 12.3 Å². The van der Waals surface area contributed by atoms with Crippen molar-refractivity contribution in [1.29, 1.82) is 0 Å². The molecule has 0 saturated heterocycles. The molecule has 0 unspecified atom stereocenters. The maximum absolute atomic E-state index is 13.0. The second kappa shape index (κ2) is 11.8. The minimum Gasteiger partial charge on any atom is -0.469 e. The van der Waals surface area contributed by atoms with E-state index in [0.717, 1.165) is 46.4 Å². The van der Waals surface area contributed by atoms with Crippen LogP contribution in [-0.2, 0) is 38.5 Å². The van der Waals surface area contributed by atoms with Crippen LogP contribution in [0.25, 0.3) is 0 Å². The fourth-order valence-corrected chi connectivity index (χ4v) is 4.80. The Labute approximate surface area is 207 Å². The molecule has 1 aromatic carbocycles. The fraction of sp³-hybridized carbons (Fsp3) is 0.414. The molecule has 2 aromatic rings. The number of rotatable bonds is 11. The summed E-state index contributed by atoms with van der Waals surface area (Å²) < 4.78 is 10.4. The Morgan fingerprint density at radius 2 is 1.77 bits per heavy atom. The number of ether oxygens (including phenoxy) is 2. The third kappa shape index (κ3) is 6.18. The molecule has 0 spiro atoms. The molecule has 1 aromatic heterocycles. The highest BCUT2D eigenvalue weighted by molar-refractivity contribution is 5.96. The highest BCUT2D eigenvalue weighted by Crippen LogP contribution is 2.38. The van der Waals surface area contributed by atoms with Crippen molar-refractivity contribution in [2.24, 2.45) is 0 Å². The minimum atomic E-state index is -0.426. The molecule has 0 atom stereocenters. The number of hydrogen-bond donors (Lipinski definition) is 1. The number of aromatic nitrogens is 1. The zero-order valence-electron chi connectivity index (χ0n) is 21.4. The Hall–Kier alpha value is -3.41. The standard InChI is InChI=1S/C29H35NO5/c1-6-10-23-18(2)25(20(4)31)15-22(23)16-26-24(13-14-27(32)34-5)19(3)28(30-26)29(33)35-17-21-11-8-7-9-12-21/h7-9,11-12,30H,6,10,13-17H2,1-5H3. The summed E-state index contributed by atoms with van der Waals surface area (Å²) in [7, 11) is 1.37. The molecule has 6 heteroatoms. The first-order chi connectivity index (χ1) is 16.8. The van der Waals surface area contributed by atoms with Crippen molar-refractivity contribution in [3.63, 3.8) is 0 Å². The van der Waals surface area contributed by atoms with Crippen molar-refractivity contribution < 1.29 is 23.9 Å². The predicted octanol–water partition coefficient (Wildman–Crippen LogP) is 5.73. The number of methoxy groups -OCH3 is 1. The van der Waals surface area contributed by atoms with E-state index in [1.807, 2.05) is 44.2 Å². The number of hydrogen-bond acceptors (Lipinski definition) is 5. The molecule has 1 N–H and O–H groups in total. The predicted molar refractivity (Wildman–Crippen MR) is 135 cm³/mol. The summed E-state index contributed by atoms with van der Waals surface area (Å²) >= 11 is 0. The molecular weight excluding hydrogens is 442 g/mol. The van der Waals surface area contributed by atoms with E-state index in [1.165, 1.54) is 18.3 Å². The van der Waals surface area contributed by atoms with Crippen molar-refractivity contribution in [1.82, 2.24) is 4.98 Å². The van der Waals surface area contributed by atoms with Crippen LogP contribution < -0.4 is 0 Å². The maximum atomic E-state index is 13.0. The van der Waals surface area contributed by atoms with Gasteiger partial charge in [-0.2, -0.15) is 0 Å². The molecule has 1 aliphatic carbocycles. The number of H-pyrrole nitrogens is 1. The number of carbonyl (C=O) groups is 3. The van der Waals surface area contributed by atoms with Gasteiger partial charge in [0, 0.05) is 24.1 Å². The van der Waals surface area contributed by atoms with E-state index in [9.17, 15) is 14.4 Å². The second-order valence-corrected chi connectivity index (χ2v) is 9.07. The van der Waals surface area contributed by atoms with Crippen molar-refractivity contribution >= 4 is 17.7 Å². The maximum Gasteiger partial charge on any atom is 0.355 e. The molecule has 0 radical (unpaired) electrons. The van der Waals surface area contributed by atoms with Gasteiger partial charge in [-0.15, -0.1) is 0 Å². The van der Waals surface area contributed by atoms with Crippen LogP contribution in [0.15, 0.2) is 52.6 Å². The van der Waals surface area contributed by atoms with Crippen molar-refractivity contribution in [2.75, 3.05) is 7.11 Å². The Morgan fingerprint density at radius 3 is 2.40 bits per heavy atom. The van der Waals surface area contributed by atoms with Crippen molar-refractivity contribution in [2.45, 2.75) is 72.8 Å². The summed E-state index contributed by atoms with van der Waals surface area (Å²) in [5, 5.41) is 0. The topological polar surface area (TPSA) is 85.5 Å². The van der Waals surface area contributed by atoms with E-state index >= 15 is 0 Å². The van der Waals surface area contributed by atoms with Gasteiger partial charge in [-0.05, 0) is 67.9 Å². The van der Waals surface area contributed by atoms with Crippen LogP contribution in [0, 0.1) is 6.92 Å². The molecule has 186 valence electrons. The Bertz CT molecular complexity index is 1170. The molecule has 1 aliphatic rings. The van der Waals surface area contributed by atoms with Crippen LogP contribution in [0.3, 0.4) is 0 Å². The van der Waals surface area contributed by atoms with Gasteiger partial charge in [0.15, 0.2) is 5.78 Å². The number of Topliss-reactive ketones (excluding diaryl/α,β-unsaturated/α-hetero) is 1. The van der Waals surface area contributed by atoms with E-state index in [2.05, 4.69) is 11.9 Å².